The molecule has 3 aromatic rings. The summed E-state index contributed by atoms with van der Waals surface area (Å²) in [6.45, 7) is 4.09. The SMILES string of the molecule is CN1CCN(c2cc3ccccc3c(=O)c3ccccc23)CC1. The standard InChI is InChI=1S/C20H20N2O/c1-21-10-12-22(13-11-21)19-14-15-6-2-3-7-16(15)20(23)18-9-5-4-8-17(18)19/h2-9,14H,10-13H2,1H3. The third kappa shape index (κ3) is 2.47. The molecule has 0 radical (unpaired) electrons. The van der Waals surface area contributed by atoms with Crippen LogP contribution in [0.1, 0.15) is 0 Å². The molecule has 3 aromatic carbocycles. The Hall–Kier alpha value is -2.39. The van der Waals surface area contributed by atoms with Crippen LogP contribution in [0.15, 0.2) is 59.4 Å². The summed E-state index contributed by atoms with van der Waals surface area (Å²) >= 11 is 0. The Labute approximate surface area is 135 Å². The van der Waals surface area contributed by atoms with Crippen LogP contribution in [0.3, 0.4) is 0 Å². The maximum atomic E-state index is 12.9. The highest BCUT2D eigenvalue weighted by Crippen LogP contribution is 2.28. The van der Waals surface area contributed by atoms with E-state index in [1.165, 1.54) is 5.69 Å². The first-order valence-corrected chi connectivity index (χ1v) is 8.12. The van der Waals surface area contributed by atoms with Gasteiger partial charge in [0.05, 0.1) is 0 Å². The predicted octanol–water partition coefficient (Wildman–Crippen LogP) is 3.11. The quantitative estimate of drug-likeness (QED) is 0.690. The van der Waals surface area contributed by atoms with Crippen molar-refractivity contribution in [2.45, 2.75) is 0 Å². The van der Waals surface area contributed by atoms with Crippen molar-refractivity contribution in [3.05, 3.63) is 64.8 Å². The zero-order valence-corrected chi connectivity index (χ0v) is 13.3. The lowest BCUT2D eigenvalue weighted by molar-refractivity contribution is 0.313. The third-order valence-corrected chi connectivity index (χ3v) is 4.79. The van der Waals surface area contributed by atoms with Crippen LogP contribution in [0, 0.1) is 0 Å². The van der Waals surface area contributed by atoms with Crippen LogP contribution >= 0.6 is 0 Å². The van der Waals surface area contributed by atoms with Crippen LogP contribution in [-0.2, 0) is 0 Å². The third-order valence-electron chi connectivity index (χ3n) is 4.79. The molecule has 0 spiro atoms. The Morgan fingerprint density at radius 3 is 2.13 bits per heavy atom. The highest BCUT2D eigenvalue weighted by molar-refractivity contribution is 6.01. The summed E-state index contributed by atoms with van der Waals surface area (Å²) < 4.78 is 0. The fraction of sp³-hybridized carbons (Fsp3) is 0.250. The normalized spacial score (nSPS) is 16.1. The number of anilines is 1. The van der Waals surface area contributed by atoms with Crippen molar-refractivity contribution in [1.29, 1.82) is 0 Å². The Bertz CT molecular complexity index is 927. The van der Waals surface area contributed by atoms with Crippen molar-refractivity contribution in [3.8, 4) is 0 Å². The first-order chi connectivity index (χ1) is 11.2. The maximum Gasteiger partial charge on any atom is 0.194 e. The molecule has 0 aliphatic carbocycles. The minimum atomic E-state index is 0.122. The number of fused-ring (bicyclic) bond motifs is 2. The molecule has 3 heteroatoms. The molecule has 1 aliphatic heterocycles. The van der Waals surface area contributed by atoms with E-state index in [1.54, 1.807) is 0 Å². The number of rotatable bonds is 1. The lowest BCUT2D eigenvalue weighted by Crippen LogP contribution is -2.44. The number of hydrogen-bond acceptors (Lipinski definition) is 3. The summed E-state index contributed by atoms with van der Waals surface area (Å²) in [5.41, 5.74) is 1.29. The van der Waals surface area contributed by atoms with E-state index in [1.807, 2.05) is 42.5 Å². The van der Waals surface area contributed by atoms with Gasteiger partial charge in [0.15, 0.2) is 5.43 Å². The second kappa shape index (κ2) is 5.67. The van der Waals surface area contributed by atoms with Gasteiger partial charge in [-0.1, -0.05) is 48.5 Å². The van der Waals surface area contributed by atoms with Crippen LogP contribution in [-0.4, -0.2) is 38.1 Å². The van der Waals surface area contributed by atoms with Crippen LogP contribution in [0.2, 0.25) is 0 Å². The number of piperazine rings is 1. The molecule has 1 aliphatic rings. The Kier molecular flexibility index (Phi) is 3.50. The van der Waals surface area contributed by atoms with Gasteiger partial charge in [-0.25, -0.2) is 0 Å². The number of nitrogens with zero attached hydrogens (tertiary/aromatic N) is 2. The Balaban J connectivity index is 2.05. The van der Waals surface area contributed by atoms with Crippen molar-refractivity contribution < 1.29 is 0 Å². The van der Waals surface area contributed by atoms with E-state index in [0.717, 1.165) is 47.7 Å². The molecule has 3 nitrogen and oxygen atoms in total. The van der Waals surface area contributed by atoms with Gasteiger partial charge in [0.1, 0.15) is 0 Å². The highest BCUT2D eigenvalue weighted by atomic mass is 16.1. The number of likely N-dealkylation sites (N-methyl/N-ethyl adjacent to an activating group) is 1. The molecule has 23 heavy (non-hydrogen) atoms. The zero-order valence-electron chi connectivity index (χ0n) is 13.3. The van der Waals surface area contributed by atoms with E-state index in [2.05, 4.69) is 29.0 Å². The lowest BCUT2D eigenvalue weighted by atomic mass is 10.1. The van der Waals surface area contributed by atoms with Gasteiger partial charge >= 0.3 is 0 Å². The second-order valence-electron chi connectivity index (χ2n) is 6.28. The average Bonchev–Trinajstić information content (AvgIpc) is 2.72. The first kappa shape index (κ1) is 14.2. The van der Waals surface area contributed by atoms with Crippen molar-refractivity contribution in [2.24, 2.45) is 0 Å². The molecule has 116 valence electrons. The molecule has 0 amide bonds. The van der Waals surface area contributed by atoms with E-state index >= 15 is 0 Å². The van der Waals surface area contributed by atoms with Crippen molar-refractivity contribution in [2.75, 3.05) is 38.1 Å². The van der Waals surface area contributed by atoms with Crippen molar-refractivity contribution >= 4 is 27.2 Å². The van der Waals surface area contributed by atoms with Crippen LogP contribution in [0.5, 0.6) is 0 Å². The number of hydrogen-bond donors (Lipinski definition) is 0. The highest BCUT2D eigenvalue weighted by Gasteiger charge is 2.17. The minimum absolute atomic E-state index is 0.122. The molecule has 0 saturated carbocycles. The van der Waals surface area contributed by atoms with Crippen LogP contribution < -0.4 is 10.3 Å². The largest absolute Gasteiger partial charge is 0.368 e. The molecule has 1 heterocycles. The molecule has 4 rings (SSSR count). The smallest absolute Gasteiger partial charge is 0.194 e. The van der Waals surface area contributed by atoms with Gasteiger partial charge in [-0.3, -0.25) is 4.79 Å². The Morgan fingerprint density at radius 1 is 0.783 bits per heavy atom. The van der Waals surface area contributed by atoms with E-state index in [0.29, 0.717) is 0 Å². The van der Waals surface area contributed by atoms with Gasteiger partial charge < -0.3 is 9.80 Å². The maximum absolute atomic E-state index is 12.9. The predicted molar refractivity (Wildman–Crippen MR) is 97.4 cm³/mol. The summed E-state index contributed by atoms with van der Waals surface area (Å²) in [5.74, 6) is 0. The van der Waals surface area contributed by atoms with Gasteiger partial charge in [0.2, 0.25) is 0 Å². The summed E-state index contributed by atoms with van der Waals surface area (Å²) in [6, 6.07) is 18.1. The first-order valence-electron chi connectivity index (χ1n) is 8.12. The summed E-state index contributed by atoms with van der Waals surface area (Å²) in [6.07, 6.45) is 0. The molecule has 0 unspecified atom stereocenters. The van der Waals surface area contributed by atoms with Crippen LogP contribution in [0.25, 0.3) is 21.5 Å². The second-order valence-corrected chi connectivity index (χ2v) is 6.28. The van der Waals surface area contributed by atoms with E-state index in [9.17, 15) is 4.79 Å². The minimum Gasteiger partial charge on any atom is -0.368 e. The van der Waals surface area contributed by atoms with E-state index in [-0.39, 0.29) is 5.43 Å². The van der Waals surface area contributed by atoms with Crippen LogP contribution in [0.4, 0.5) is 5.69 Å². The van der Waals surface area contributed by atoms with Gasteiger partial charge in [-0.2, -0.15) is 0 Å². The number of benzene rings is 2. The molecule has 0 N–H and O–H groups in total. The Morgan fingerprint density at radius 2 is 1.39 bits per heavy atom. The van der Waals surface area contributed by atoms with Gasteiger partial charge in [-0.15, -0.1) is 0 Å². The lowest BCUT2D eigenvalue weighted by Gasteiger charge is -2.34. The molecule has 0 aromatic heterocycles. The fourth-order valence-electron chi connectivity index (χ4n) is 3.41. The summed E-state index contributed by atoms with van der Waals surface area (Å²) in [5, 5.41) is 3.67. The summed E-state index contributed by atoms with van der Waals surface area (Å²) in [4.78, 5) is 17.7. The van der Waals surface area contributed by atoms with E-state index in [4.69, 9.17) is 0 Å². The molecule has 0 atom stereocenters. The monoisotopic (exact) mass is 304 g/mol. The zero-order chi connectivity index (χ0) is 15.8. The van der Waals surface area contributed by atoms with Gasteiger partial charge in [-0.05, 0) is 18.5 Å². The molecular weight excluding hydrogens is 284 g/mol. The molecule has 1 fully saturated rings. The fourth-order valence-corrected chi connectivity index (χ4v) is 3.41. The molecular formula is C20H20N2O. The van der Waals surface area contributed by atoms with Gasteiger partial charge in [0.25, 0.3) is 0 Å². The van der Waals surface area contributed by atoms with E-state index < -0.39 is 0 Å². The molecule has 1 saturated heterocycles. The van der Waals surface area contributed by atoms with Crippen molar-refractivity contribution in [1.82, 2.24) is 4.90 Å². The van der Waals surface area contributed by atoms with Crippen molar-refractivity contribution in [3.63, 3.8) is 0 Å². The van der Waals surface area contributed by atoms with Gasteiger partial charge in [0, 0.05) is 48.0 Å². The molecule has 0 bridgehead atoms. The topological polar surface area (TPSA) is 23.6 Å². The summed E-state index contributed by atoms with van der Waals surface area (Å²) in [7, 11) is 2.16. The average molecular weight is 304 g/mol.